The number of carbonyl (C=O) groups is 1. The molecule has 0 saturated carbocycles. The number of hydrogen-bond donors (Lipinski definition) is 1. The second kappa shape index (κ2) is 4.49. The maximum atomic E-state index is 10.7. The predicted octanol–water partition coefficient (Wildman–Crippen LogP) is 1.02. The van der Waals surface area contributed by atoms with E-state index in [9.17, 15) is 4.79 Å². The molecule has 0 aliphatic rings. The van der Waals surface area contributed by atoms with Gasteiger partial charge in [-0.2, -0.15) is 0 Å². The number of nitrogens with one attached hydrogen (secondary N) is 1. The minimum absolute atomic E-state index is 0.00546. The van der Waals surface area contributed by atoms with Gasteiger partial charge in [0.15, 0.2) is 0 Å². The molecule has 2 nitrogen and oxygen atoms in total. The zero-order valence-electron chi connectivity index (χ0n) is 7.13. The standard InChI is InChI=1S/C9H11NOTe/c1-7(11)10-8-3-5-9(12-2)6-4-8/h3-6H,1-2H3,(H,10,11). The number of benzene rings is 1. The Morgan fingerprint density at radius 2 is 1.92 bits per heavy atom. The molecule has 1 aromatic rings. The van der Waals surface area contributed by atoms with Crippen molar-refractivity contribution in [3.8, 4) is 0 Å². The quantitative estimate of drug-likeness (QED) is 0.803. The summed E-state index contributed by atoms with van der Waals surface area (Å²) in [6.07, 6.45) is 0. The number of carbonyl (C=O) groups excluding carboxylic acids is 1. The molecule has 12 heavy (non-hydrogen) atoms. The third kappa shape index (κ3) is 2.84. The SMILES string of the molecule is C[Te]c1ccc(NC(C)=O)cc1. The maximum absolute atomic E-state index is 10.7. The van der Waals surface area contributed by atoms with E-state index in [-0.39, 0.29) is 26.8 Å². The van der Waals surface area contributed by atoms with E-state index in [1.807, 2.05) is 12.1 Å². The van der Waals surface area contributed by atoms with E-state index in [0.29, 0.717) is 0 Å². The van der Waals surface area contributed by atoms with Gasteiger partial charge >= 0.3 is 82.4 Å². The fourth-order valence-electron chi connectivity index (χ4n) is 0.878. The Kier molecular flexibility index (Phi) is 3.58. The summed E-state index contributed by atoms with van der Waals surface area (Å²) in [7, 11) is 0. The van der Waals surface area contributed by atoms with E-state index in [0.717, 1.165) is 5.69 Å². The Morgan fingerprint density at radius 1 is 1.33 bits per heavy atom. The molecule has 64 valence electrons. The first-order valence-electron chi connectivity index (χ1n) is 3.64. The fourth-order valence-corrected chi connectivity index (χ4v) is 2.04. The Morgan fingerprint density at radius 3 is 2.33 bits per heavy atom. The summed E-state index contributed by atoms with van der Waals surface area (Å²) in [6, 6.07) is 8.05. The zero-order chi connectivity index (χ0) is 8.97. The first kappa shape index (κ1) is 9.57. The summed E-state index contributed by atoms with van der Waals surface area (Å²) in [5.41, 5.74) is 0.882. The molecule has 0 spiro atoms. The summed E-state index contributed by atoms with van der Waals surface area (Å²) < 4.78 is 1.41. The predicted molar refractivity (Wildman–Crippen MR) is 52.0 cm³/mol. The first-order chi connectivity index (χ1) is 5.72. The molecule has 0 bridgehead atoms. The van der Waals surface area contributed by atoms with Crippen LogP contribution in [-0.2, 0) is 4.79 Å². The topological polar surface area (TPSA) is 29.1 Å². The van der Waals surface area contributed by atoms with Gasteiger partial charge in [0, 0.05) is 0 Å². The van der Waals surface area contributed by atoms with E-state index in [4.69, 9.17) is 0 Å². The van der Waals surface area contributed by atoms with Crippen LogP contribution in [0.3, 0.4) is 0 Å². The molecule has 0 unspecified atom stereocenters. The molecule has 0 saturated heterocycles. The summed E-state index contributed by atoms with van der Waals surface area (Å²) in [5, 5.41) is 2.73. The average molecular weight is 277 g/mol. The Hall–Kier alpha value is -0.520. The van der Waals surface area contributed by atoms with Gasteiger partial charge in [0.25, 0.3) is 0 Å². The number of rotatable bonds is 2. The van der Waals surface area contributed by atoms with E-state index in [1.54, 1.807) is 0 Å². The molecule has 1 amide bonds. The Bertz CT molecular complexity index is 268. The summed E-state index contributed by atoms with van der Waals surface area (Å²) in [5.74, 6) is -0.0179. The fraction of sp³-hybridized carbons (Fsp3) is 0.222. The van der Waals surface area contributed by atoms with Gasteiger partial charge in [-0.25, -0.2) is 0 Å². The van der Waals surface area contributed by atoms with Gasteiger partial charge in [-0.1, -0.05) is 0 Å². The van der Waals surface area contributed by atoms with E-state index in [1.165, 1.54) is 10.5 Å². The summed E-state index contributed by atoms with van der Waals surface area (Å²) >= 11 is 0.00546. The van der Waals surface area contributed by atoms with Crippen LogP contribution in [-0.4, -0.2) is 26.8 Å². The number of anilines is 1. The van der Waals surface area contributed by atoms with Crippen LogP contribution in [0.2, 0.25) is 4.97 Å². The monoisotopic (exact) mass is 279 g/mol. The molecule has 0 aromatic heterocycles. The van der Waals surface area contributed by atoms with Crippen LogP contribution >= 0.6 is 0 Å². The zero-order valence-corrected chi connectivity index (χ0v) is 9.46. The molecule has 0 atom stereocenters. The molecule has 3 heteroatoms. The summed E-state index contributed by atoms with van der Waals surface area (Å²) in [6.45, 7) is 1.52. The van der Waals surface area contributed by atoms with E-state index >= 15 is 0 Å². The molecule has 1 rings (SSSR count). The van der Waals surface area contributed by atoms with Crippen molar-refractivity contribution in [1.82, 2.24) is 0 Å². The Labute approximate surface area is 82.4 Å². The molecule has 0 heterocycles. The van der Waals surface area contributed by atoms with Gasteiger partial charge in [-0.3, -0.25) is 0 Å². The second-order valence-corrected chi connectivity index (χ2v) is 4.92. The van der Waals surface area contributed by atoms with E-state index < -0.39 is 0 Å². The molecule has 0 aliphatic carbocycles. The van der Waals surface area contributed by atoms with Gasteiger partial charge < -0.3 is 0 Å². The van der Waals surface area contributed by atoms with E-state index in [2.05, 4.69) is 22.4 Å². The Balaban J connectivity index is 2.71. The average Bonchev–Trinajstić information content (AvgIpc) is 2.05. The molecule has 1 aromatic carbocycles. The number of hydrogen-bond acceptors (Lipinski definition) is 1. The minimum atomic E-state index is -0.0179. The van der Waals surface area contributed by atoms with Crippen LogP contribution in [0.15, 0.2) is 24.3 Å². The summed E-state index contributed by atoms with van der Waals surface area (Å²) in [4.78, 5) is 12.9. The van der Waals surface area contributed by atoms with Crippen LogP contribution in [0.5, 0.6) is 0 Å². The third-order valence-electron chi connectivity index (χ3n) is 1.41. The van der Waals surface area contributed by atoms with Crippen molar-refractivity contribution >= 4 is 36.1 Å². The molecular weight excluding hydrogens is 266 g/mol. The van der Waals surface area contributed by atoms with Gasteiger partial charge in [0.2, 0.25) is 0 Å². The normalized spacial score (nSPS) is 9.50. The van der Waals surface area contributed by atoms with Gasteiger partial charge in [-0.05, 0) is 0 Å². The molecule has 1 N–H and O–H groups in total. The van der Waals surface area contributed by atoms with Crippen LogP contribution in [0, 0.1) is 0 Å². The third-order valence-corrected chi connectivity index (χ3v) is 3.53. The first-order valence-corrected chi connectivity index (χ1v) is 7.13. The van der Waals surface area contributed by atoms with Crippen molar-refractivity contribution in [3.05, 3.63) is 24.3 Å². The van der Waals surface area contributed by atoms with Gasteiger partial charge in [0.05, 0.1) is 0 Å². The molecule has 0 radical (unpaired) electrons. The van der Waals surface area contributed by atoms with Crippen molar-refractivity contribution in [2.45, 2.75) is 11.9 Å². The van der Waals surface area contributed by atoms with Crippen LogP contribution in [0.1, 0.15) is 6.92 Å². The van der Waals surface area contributed by atoms with Crippen molar-refractivity contribution in [3.63, 3.8) is 0 Å². The number of amides is 1. The van der Waals surface area contributed by atoms with Gasteiger partial charge in [-0.15, -0.1) is 0 Å². The van der Waals surface area contributed by atoms with Crippen molar-refractivity contribution in [2.24, 2.45) is 0 Å². The van der Waals surface area contributed by atoms with Crippen LogP contribution in [0.4, 0.5) is 5.69 Å². The molecule has 0 fully saturated rings. The molecular formula is C9H11NOTe. The van der Waals surface area contributed by atoms with Gasteiger partial charge in [0.1, 0.15) is 0 Å². The van der Waals surface area contributed by atoms with Crippen molar-refractivity contribution in [1.29, 1.82) is 0 Å². The van der Waals surface area contributed by atoms with Crippen molar-refractivity contribution < 1.29 is 4.79 Å². The second-order valence-electron chi connectivity index (χ2n) is 2.41. The van der Waals surface area contributed by atoms with Crippen LogP contribution in [0.25, 0.3) is 0 Å². The molecule has 0 aliphatic heterocycles. The van der Waals surface area contributed by atoms with Crippen LogP contribution < -0.4 is 8.93 Å². The van der Waals surface area contributed by atoms with Crippen molar-refractivity contribution in [2.75, 3.05) is 5.32 Å².